The minimum absolute atomic E-state index is 0.124. The molecule has 2 atom stereocenters. The quantitative estimate of drug-likeness (QED) is 0.904. The van der Waals surface area contributed by atoms with E-state index in [1.165, 1.54) is 4.90 Å². The number of halogens is 3. The Morgan fingerprint density at radius 2 is 2.00 bits per heavy atom. The third-order valence-corrected chi connectivity index (χ3v) is 4.12. The van der Waals surface area contributed by atoms with Crippen LogP contribution in [0.25, 0.3) is 10.9 Å². The number of nitrogens with zero attached hydrogens (tertiary/aromatic N) is 4. The Balaban J connectivity index is 2.12. The van der Waals surface area contributed by atoms with Crippen molar-refractivity contribution in [1.82, 2.24) is 10.2 Å². The number of aliphatic carboxylic acids is 1. The number of carbonyl (C=O) groups is 1. The zero-order valence-corrected chi connectivity index (χ0v) is 12.2. The fraction of sp³-hybridized carbons (Fsp3) is 0.333. The fourth-order valence-electron chi connectivity index (χ4n) is 3.00. The second kappa shape index (κ2) is 5.63. The van der Waals surface area contributed by atoms with Crippen molar-refractivity contribution in [1.29, 1.82) is 5.26 Å². The van der Waals surface area contributed by atoms with E-state index in [2.05, 4.69) is 10.2 Å². The van der Waals surface area contributed by atoms with Crippen LogP contribution in [0.5, 0.6) is 0 Å². The first-order valence-electron chi connectivity index (χ1n) is 7.03. The molecule has 1 aliphatic heterocycles. The zero-order valence-electron chi connectivity index (χ0n) is 12.2. The van der Waals surface area contributed by atoms with Gasteiger partial charge in [0.15, 0.2) is 5.69 Å². The lowest BCUT2D eigenvalue weighted by molar-refractivity contribution is -0.187. The number of benzene rings is 1. The predicted molar refractivity (Wildman–Crippen MR) is 77.1 cm³/mol. The molecule has 0 saturated carbocycles. The van der Waals surface area contributed by atoms with Crippen LogP contribution in [-0.4, -0.2) is 40.5 Å². The third-order valence-electron chi connectivity index (χ3n) is 4.12. The van der Waals surface area contributed by atoms with Gasteiger partial charge in [-0.1, -0.05) is 18.2 Å². The number of carboxylic acid groups (broad SMARTS) is 1. The number of fused-ring (bicyclic) bond motifs is 1. The van der Waals surface area contributed by atoms with Gasteiger partial charge in [0.1, 0.15) is 6.07 Å². The number of aromatic nitrogens is 2. The van der Waals surface area contributed by atoms with Gasteiger partial charge in [0, 0.05) is 18.5 Å². The van der Waals surface area contributed by atoms with E-state index in [-0.39, 0.29) is 17.9 Å². The van der Waals surface area contributed by atoms with Crippen LogP contribution in [0.15, 0.2) is 24.3 Å². The average molecular weight is 336 g/mol. The number of carboxylic acids is 1. The lowest BCUT2D eigenvalue weighted by Crippen LogP contribution is -2.33. The third kappa shape index (κ3) is 2.60. The number of alkyl halides is 3. The van der Waals surface area contributed by atoms with Crippen molar-refractivity contribution in [2.24, 2.45) is 11.8 Å². The van der Waals surface area contributed by atoms with Crippen molar-refractivity contribution in [2.45, 2.75) is 6.18 Å². The Kier molecular flexibility index (Phi) is 3.75. The highest BCUT2D eigenvalue weighted by atomic mass is 19.4. The molecular weight excluding hydrogens is 325 g/mol. The summed E-state index contributed by atoms with van der Waals surface area (Å²) >= 11 is 0. The SMILES string of the molecule is N#Cc1nnc2ccccc2c1N1C[C@@H](C(F)(F)F)[C@H](C(=O)O)C1. The summed E-state index contributed by atoms with van der Waals surface area (Å²) in [5, 5.41) is 26.4. The highest BCUT2D eigenvalue weighted by Gasteiger charge is 2.53. The molecule has 1 aliphatic rings. The minimum atomic E-state index is -4.64. The first kappa shape index (κ1) is 16.0. The first-order valence-corrected chi connectivity index (χ1v) is 7.03. The molecule has 0 aliphatic carbocycles. The first-order chi connectivity index (χ1) is 11.3. The van der Waals surface area contributed by atoms with E-state index < -0.39 is 30.5 Å². The van der Waals surface area contributed by atoms with E-state index in [4.69, 9.17) is 5.11 Å². The molecule has 0 amide bonds. The topological polar surface area (TPSA) is 90.1 Å². The Labute approximate surface area is 134 Å². The summed E-state index contributed by atoms with van der Waals surface area (Å²) < 4.78 is 39.5. The summed E-state index contributed by atoms with van der Waals surface area (Å²) in [6.45, 7) is -0.880. The van der Waals surface area contributed by atoms with Crippen LogP contribution < -0.4 is 4.90 Å². The highest BCUT2D eigenvalue weighted by molar-refractivity contribution is 5.93. The number of nitriles is 1. The molecule has 1 aromatic carbocycles. The lowest BCUT2D eigenvalue weighted by atomic mass is 9.96. The zero-order chi connectivity index (χ0) is 17.5. The molecule has 0 spiro atoms. The molecule has 0 bridgehead atoms. The summed E-state index contributed by atoms with van der Waals surface area (Å²) in [4.78, 5) is 12.5. The number of anilines is 1. The van der Waals surface area contributed by atoms with Gasteiger partial charge >= 0.3 is 12.1 Å². The van der Waals surface area contributed by atoms with Crippen LogP contribution in [0.3, 0.4) is 0 Å². The number of hydrogen-bond acceptors (Lipinski definition) is 5. The van der Waals surface area contributed by atoms with Gasteiger partial charge in [0.05, 0.1) is 23.0 Å². The molecule has 2 aromatic rings. The Morgan fingerprint density at radius 1 is 1.29 bits per heavy atom. The van der Waals surface area contributed by atoms with Crippen LogP contribution in [0.4, 0.5) is 18.9 Å². The normalized spacial score (nSPS) is 21.0. The summed E-state index contributed by atoms with van der Waals surface area (Å²) in [7, 11) is 0. The van der Waals surface area contributed by atoms with E-state index in [1.54, 1.807) is 24.3 Å². The summed E-state index contributed by atoms with van der Waals surface area (Å²) in [5.41, 5.74) is 0.496. The molecule has 0 radical (unpaired) electrons. The van der Waals surface area contributed by atoms with E-state index in [0.29, 0.717) is 10.9 Å². The van der Waals surface area contributed by atoms with Gasteiger partial charge in [-0.25, -0.2) is 0 Å². The largest absolute Gasteiger partial charge is 0.481 e. The van der Waals surface area contributed by atoms with Gasteiger partial charge in [0.2, 0.25) is 0 Å². The summed E-state index contributed by atoms with van der Waals surface area (Å²) in [5.74, 6) is -5.11. The van der Waals surface area contributed by atoms with Crippen LogP contribution in [0, 0.1) is 23.2 Å². The van der Waals surface area contributed by atoms with Crippen molar-refractivity contribution in [3.63, 3.8) is 0 Å². The molecule has 1 N–H and O–H groups in total. The predicted octanol–water partition coefficient (Wildman–Crippen LogP) is 2.20. The van der Waals surface area contributed by atoms with E-state index in [1.807, 2.05) is 6.07 Å². The van der Waals surface area contributed by atoms with Crippen LogP contribution in [-0.2, 0) is 4.79 Å². The number of rotatable bonds is 2. The number of hydrogen-bond donors (Lipinski definition) is 1. The van der Waals surface area contributed by atoms with Gasteiger partial charge in [-0.15, -0.1) is 10.2 Å². The lowest BCUT2D eigenvalue weighted by Gasteiger charge is -2.21. The van der Waals surface area contributed by atoms with Crippen LogP contribution in [0.1, 0.15) is 5.69 Å². The molecule has 1 saturated heterocycles. The van der Waals surface area contributed by atoms with Gasteiger partial charge in [-0.3, -0.25) is 4.79 Å². The maximum atomic E-state index is 13.2. The second-order valence-corrected chi connectivity index (χ2v) is 5.52. The molecule has 124 valence electrons. The summed E-state index contributed by atoms with van der Waals surface area (Å²) in [6.07, 6.45) is -4.64. The van der Waals surface area contributed by atoms with Gasteiger partial charge in [-0.2, -0.15) is 18.4 Å². The smallest absolute Gasteiger partial charge is 0.394 e. The van der Waals surface area contributed by atoms with Gasteiger partial charge < -0.3 is 10.0 Å². The van der Waals surface area contributed by atoms with E-state index in [9.17, 15) is 23.2 Å². The highest BCUT2D eigenvalue weighted by Crippen LogP contribution is 2.41. The molecule has 9 heteroatoms. The molecule has 2 heterocycles. The van der Waals surface area contributed by atoms with Crippen LogP contribution >= 0.6 is 0 Å². The van der Waals surface area contributed by atoms with Gasteiger partial charge in [0.25, 0.3) is 0 Å². The van der Waals surface area contributed by atoms with E-state index >= 15 is 0 Å². The van der Waals surface area contributed by atoms with Gasteiger partial charge in [-0.05, 0) is 6.07 Å². The average Bonchev–Trinajstić information content (AvgIpc) is 2.99. The molecule has 1 fully saturated rings. The molecule has 3 rings (SSSR count). The standard InChI is InChI=1S/C15H11F3N4O2/c16-15(17,18)10-7-22(6-9(10)14(23)24)13-8-3-1-2-4-11(8)20-21-12(13)5-19/h1-4,9-10H,6-7H2,(H,23,24)/t9-,10-/m1/s1. The van der Waals surface area contributed by atoms with Crippen molar-refractivity contribution >= 4 is 22.6 Å². The van der Waals surface area contributed by atoms with Crippen molar-refractivity contribution < 1.29 is 23.1 Å². The van der Waals surface area contributed by atoms with Crippen molar-refractivity contribution in [3.05, 3.63) is 30.0 Å². The Morgan fingerprint density at radius 3 is 2.58 bits per heavy atom. The molecular formula is C15H11F3N4O2. The molecule has 6 nitrogen and oxygen atoms in total. The minimum Gasteiger partial charge on any atom is -0.481 e. The van der Waals surface area contributed by atoms with Crippen molar-refractivity contribution in [3.8, 4) is 6.07 Å². The molecule has 1 aromatic heterocycles. The maximum absolute atomic E-state index is 13.2. The maximum Gasteiger partial charge on any atom is 0.394 e. The summed E-state index contributed by atoms with van der Waals surface area (Å²) in [6, 6.07) is 8.42. The van der Waals surface area contributed by atoms with E-state index in [0.717, 1.165) is 0 Å². The fourth-order valence-corrected chi connectivity index (χ4v) is 3.00. The second-order valence-electron chi connectivity index (χ2n) is 5.52. The Hall–Kier alpha value is -2.89. The molecule has 0 unspecified atom stereocenters. The Bertz CT molecular complexity index is 847. The van der Waals surface area contributed by atoms with Crippen molar-refractivity contribution in [2.75, 3.05) is 18.0 Å². The van der Waals surface area contributed by atoms with Crippen LogP contribution in [0.2, 0.25) is 0 Å². The molecule has 24 heavy (non-hydrogen) atoms. The monoisotopic (exact) mass is 336 g/mol.